The molecule has 28 heavy (non-hydrogen) atoms. The van der Waals surface area contributed by atoms with E-state index in [0.717, 1.165) is 6.42 Å². The first-order valence-corrected chi connectivity index (χ1v) is 9.60. The van der Waals surface area contributed by atoms with E-state index in [4.69, 9.17) is 0 Å². The first kappa shape index (κ1) is 20.4. The second kappa shape index (κ2) is 7.93. The summed E-state index contributed by atoms with van der Waals surface area (Å²) in [5, 5.41) is 2.65. The average Bonchev–Trinajstić information content (AvgIpc) is 2.89. The Morgan fingerprint density at radius 1 is 1.18 bits per heavy atom. The average molecular weight is 396 g/mol. The van der Waals surface area contributed by atoms with Crippen LogP contribution in [0.25, 0.3) is 0 Å². The Bertz CT molecular complexity index is 791. The predicted molar refractivity (Wildman–Crippen MR) is 96.0 cm³/mol. The molecule has 1 heterocycles. The van der Waals surface area contributed by atoms with Crippen LogP contribution in [0.5, 0.6) is 0 Å². The van der Waals surface area contributed by atoms with Gasteiger partial charge in [0, 0.05) is 18.2 Å². The highest BCUT2D eigenvalue weighted by atomic mass is 19.4. The summed E-state index contributed by atoms with van der Waals surface area (Å²) in [5.74, 6) is -2.74. The van der Waals surface area contributed by atoms with Crippen molar-refractivity contribution in [3.05, 3.63) is 34.9 Å². The smallest absolute Gasteiger partial charge is 0.349 e. The fraction of sp³-hybridized carbons (Fsp3) is 0.550. The molecule has 1 saturated carbocycles. The van der Waals surface area contributed by atoms with E-state index in [-0.39, 0.29) is 35.4 Å². The van der Waals surface area contributed by atoms with Crippen molar-refractivity contribution < 1.29 is 27.6 Å². The zero-order valence-corrected chi connectivity index (χ0v) is 15.6. The van der Waals surface area contributed by atoms with E-state index in [2.05, 4.69) is 5.32 Å². The largest absolute Gasteiger partial charge is 0.391 e. The molecule has 0 spiro atoms. The molecule has 2 atom stereocenters. The lowest BCUT2D eigenvalue weighted by atomic mass is 9.85. The van der Waals surface area contributed by atoms with Crippen molar-refractivity contribution in [1.82, 2.24) is 10.2 Å². The predicted octanol–water partition coefficient (Wildman–Crippen LogP) is 3.93. The van der Waals surface area contributed by atoms with Crippen LogP contribution in [0.4, 0.5) is 13.2 Å². The van der Waals surface area contributed by atoms with E-state index in [9.17, 15) is 27.6 Å². The minimum Gasteiger partial charge on any atom is -0.349 e. The van der Waals surface area contributed by atoms with Crippen molar-refractivity contribution in [2.75, 3.05) is 6.54 Å². The summed E-state index contributed by atoms with van der Waals surface area (Å²) in [4.78, 5) is 38.5. The van der Waals surface area contributed by atoms with Crippen molar-refractivity contribution in [3.8, 4) is 0 Å². The van der Waals surface area contributed by atoms with Crippen molar-refractivity contribution in [3.63, 3.8) is 0 Å². The fourth-order valence-electron chi connectivity index (χ4n) is 3.84. The standard InChI is InChI=1S/C20H23F3N2O3/c1-2-3-9-25-18(27)15-8-7-12(10-16(15)19(25)28)17(26)24-14-6-4-5-13(11-14)20(21,22)23/h7-8,10,13-14H,2-6,9,11H2,1H3,(H,24,26). The monoisotopic (exact) mass is 396 g/mol. The van der Waals surface area contributed by atoms with E-state index in [0.29, 0.717) is 25.8 Å². The molecule has 8 heteroatoms. The van der Waals surface area contributed by atoms with Crippen molar-refractivity contribution in [1.29, 1.82) is 0 Å². The van der Waals surface area contributed by atoms with Crippen LogP contribution in [0.2, 0.25) is 0 Å². The number of hydrogen-bond donors (Lipinski definition) is 1. The van der Waals surface area contributed by atoms with Gasteiger partial charge in [-0.1, -0.05) is 19.8 Å². The van der Waals surface area contributed by atoms with Gasteiger partial charge in [-0.05, 0) is 43.9 Å². The molecule has 3 amide bonds. The summed E-state index contributed by atoms with van der Waals surface area (Å²) in [6, 6.07) is 3.68. The quantitative estimate of drug-likeness (QED) is 0.767. The molecule has 0 aromatic heterocycles. The van der Waals surface area contributed by atoms with Gasteiger partial charge < -0.3 is 5.32 Å². The molecule has 5 nitrogen and oxygen atoms in total. The highest BCUT2D eigenvalue weighted by Crippen LogP contribution is 2.37. The number of benzene rings is 1. The summed E-state index contributed by atoms with van der Waals surface area (Å²) < 4.78 is 38.8. The van der Waals surface area contributed by atoms with Crippen molar-refractivity contribution in [2.45, 2.75) is 57.7 Å². The number of unbranched alkanes of at least 4 members (excludes halogenated alkanes) is 1. The van der Waals surface area contributed by atoms with Crippen LogP contribution in [0, 0.1) is 5.92 Å². The first-order valence-electron chi connectivity index (χ1n) is 9.60. The Morgan fingerprint density at radius 3 is 2.57 bits per heavy atom. The van der Waals surface area contributed by atoms with Gasteiger partial charge in [0.05, 0.1) is 17.0 Å². The van der Waals surface area contributed by atoms with Gasteiger partial charge >= 0.3 is 6.18 Å². The Balaban J connectivity index is 1.71. The number of carbonyl (C=O) groups excluding carboxylic acids is 3. The lowest BCUT2D eigenvalue weighted by Crippen LogP contribution is -2.41. The van der Waals surface area contributed by atoms with Crippen LogP contribution in [0.1, 0.15) is 76.5 Å². The zero-order chi connectivity index (χ0) is 20.5. The Kier molecular flexibility index (Phi) is 5.76. The minimum atomic E-state index is -4.26. The zero-order valence-electron chi connectivity index (χ0n) is 15.6. The number of alkyl halides is 3. The molecule has 1 aliphatic heterocycles. The number of halogens is 3. The van der Waals surface area contributed by atoms with Gasteiger partial charge in [0.25, 0.3) is 17.7 Å². The maximum absolute atomic E-state index is 12.9. The number of hydrogen-bond acceptors (Lipinski definition) is 3. The molecule has 1 aliphatic carbocycles. The SMILES string of the molecule is CCCCN1C(=O)c2ccc(C(=O)NC3CCCC(C(F)(F)F)C3)cc2C1=O. The highest BCUT2D eigenvalue weighted by Gasteiger charge is 2.42. The molecule has 1 N–H and O–H groups in total. The van der Waals surface area contributed by atoms with Crippen LogP contribution in [-0.4, -0.2) is 41.4 Å². The van der Waals surface area contributed by atoms with Crippen molar-refractivity contribution in [2.24, 2.45) is 5.92 Å². The highest BCUT2D eigenvalue weighted by molar-refractivity contribution is 6.22. The molecule has 3 rings (SSSR count). The van der Waals surface area contributed by atoms with Crippen LogP contribution in [0.15, 0.2) is 18.2 Å². The molecular formula is C20H23F3N2O3. The van der Waals surface area contributed by atoms with E-state index in [1.54, 1.807) is 0 Å². The van der Waals surface area contributed by atoms with Gasteiger partial charge in [0.15, 0.2) is 0 Å². The molecule has 0 saturated heterocycles. The summed E-state index contributed by atoms with van der Waals surface area (Å²) in [5.41, 5.74) is 0.601. The number of fused-ring (bicyclic) bond motifs is 1. The summed E-state index contributed by atoms with van der Waals surface area (Å²) in [7, 11) is 0. The molecule has 1 aromatic rings. The number of nitrogens with zero attached hydrogens (tertiary/aromatic N) is 1. The van der Waals surface area contributed by atoms with Gasteiger partial charge in [-0.15, -0.1) is 0 Å². The maximum Gasteiger partial charge on any atom is 0.391 e. The van der Waals surface area contributed by atoms with E-state index < -0.39 is 30.0 Å². The lowest BCUT2D eigenvalue weighted by molar-refractivity contribution is -0.183. The summed E-state index contributed by atoms with van der Waals surface area (Å²) >= 11 is 0. The van der Waals surface area contributed by atoms with E-state index in [1.165, 1.54) is 23.1 Å². The first-order chi connectivity index (χ1) is 13.2. The second-order valence-electron chi connectivity index (χ2n) is 7.45. The number of imide groups is 1. The number of rotatable bonds is 5. The fourth-order valence-corrected chi connectivity index (χ4v) is 3.84. The van der Waals surface area contributed by atoms with Gasteiger partial charge in [0.2, 0.25) is 0 Å². The third-order valence-corrected chi connectivity index (χ3v) is 5.44. The van der Waals surface area contributed by atoms with Crippen LogP contribution < -0.4 is 5.32 Å². The van der Waals surface area contributed by atoms with Crippen LogP contribution in [-0.2, 0) is 0 Å². The Labute approximate surface area is 161 Å². The molecule has 0 radical (unpaired) electrons. The minimum absolute atomic E-state index is 0.0823. The molecule has 152 valence electrons. The Morgan fingerprint density at radius 2 is 1.89 bits per heavy atom. The molecule has 0 bridgehead atoms. The van der Waals surface area contributed by atoms with Gasteiger partial charge in [0.1, 0.15) is 0 Å². The molecule has 1 fully saturated rings. The molecule has 1 aromatic carbocycles. The number of carbonyl (C=O) groups is 3. The van der Waals surface area contributed by atoms with E-state index in [1.807, 2.05) is 6.92 Å². The second-order valence-corrected chi connectivity index (χ2v) is 7.45. The third kappa shape index (κ3) is 4.05. The van der Waals surface area contributed by atoms with Crippen molar-refractivity contribution >= 4 is 17.7 Å². The third-order valence-electron chi connectivity index (χ3n) is 5.44. The number of amides is 3. The lowest BCUT2D eigenvalue weighted by Gasteiger charge is -2.31. The topological polar surface area (TPSA) is 66.5 Å². The normalized spacial score (nSPS) is 22.4. The summed E-state index contributed by atoms with van der Waals surface area (Å²) in [6.07, 6.45) is -1.89. The molecule has 2 unspecified atom stereocenters. The number of nitrogens with one attached hydrogen (secondary N) is 1. The van der Waals surface area contributed by atoms with Crippen LogP contribution >= 0.6 is 0 Å². The molecular weight excluding hydrogens is 373 g/mol. The van der Waals surface area contributed by atoms with E-state index >= 15 is 0 Å². The van der Waals surface area contributed by atoms with Gasteiger partial charge in [-0.2, -0.15) is 13.2 Å². The summed E-state index contributed by atoms with van der Waals surface area (Å²) in [6.45, 7) is 2.28. The molecule has 2 aliphatic rings. The Hall–Kier alpha value is -2.38. The van der Waals surface area contributed by atoms with Gasteiger partial charge in [-0.3, -0.25) is 19.3 Å². The van der Waals surface area contributed by atoms with Crippen LogP contribution in [0.3, 0.4) is 0 Å². The maximum atomic E-state index is 12.9. The van der Waals surface area contributed by atoms with Gasteiger partial charge in [-0.25, -0.2) is 0 Å².